The second kappa shape index (κ2) is 7.83. The summed E-state index contributed by atoms with van der Waals surface area (Å²) in [5, 5.41) is 0. The molecule has 0 saturated heterocycles. The second-order valence-corrected chi connectivity index (χ2v) is 3.87. The van der Waals surface area contributed by atoms with E-state index in [0.29, 0.717) is 0 Å². The summed E-state index contributed by atoms with van der Waals surface area (Å²) in [4.78, 5) is 32.3. The summed E-state index contributed by atoms with van der Waals surface area (Å²) in [5.74, 6) is -6.38. The summed E-state index contributed by atoms with van der Waals surface area (Å²) in [6, 6.07) is 0. The fraction of sp³-hybridized carbons (Fsp3) is 0.545. The summed E-state index contributed by atoms with van der Waals surface area (Å²) < 4.78 is 83.7. The Morgan fingerprint density at radius 1 is 0.826 bits per heavy atom. The highest BCUT2D eigenvalue weighted by atomic mass is 19.4. The average Bonchev–Trinajstić information content (AvgIpc) is 2.42. The van der Waals surface area contributed by atoms with Gasteiger partial charge in [0, 0.05) is 11.1 Å². The van der Waals surface area contributed by atoms with E-state index in [1.54, 1.807) is 0 Å². The van der Waals surface area contributed by atoms with Gasteiger partial charge in [-0.1, -0.05) is 0 Å². The first-order valence-corrected chi connectivity index (χ1v) is 5.55. The Morgan fingerprint density at radius 3 is 1.43 bits per heavy atom. The Balaban J connectivity index is 5.10. The van der Waals surface area contributed by atoms with Gasteiger partial charge in [0.1, 0.15) is 13.2 Å². The summed E-state index contributed by atoms with van der Waals surface area (Å²) >= 11 is 0. The minimum Gasteiger partial charge on any atom is -0.466 e. The maximum absolute atomic E-state index is 12.0. The minimum absolute atomic E-state index is 0.475. The normalized spacial score (nSPS) is 11.5. The molecule has 6 nitrogen and oxygen atoms in total. The van der Waals surface area contributed by atoms with Crippen molar-refractivity contribution in [1.29, 1.82) is 0 Å². The van der Waals surface area contributed by atoms with Crippen molar-refractivity contribution in [3.63, 3.8) is 0 Å². The Morgan fingerprint density at radius 2 is 1.17 bits per heavy atom. The molecule has 0 aromatic carbocycles. The van der Waals surface area contributed by atoms with E-state index >= 15 is 0 Å². The molecule has 0 saturated carbocycles. The second-order valence-electron chi connectivity index (χ2n) is 3.87. The lowest BCUT2D eigenvalue weighted by Gasteiger charge is -2.14. The Hall–Kier alpha value is -2.27. The van der Waals surface area contributed by atoms with Crippen LogP contribution >= 0.6 is 0 Å². The molecule has 0 aromatic heterocycles. The number of hydrogen-bond donors (Lipinski definition) is 0. The van der Waals surface area contributed by atoms with Crippen LogP contribution in [0.3, 0.4) is 0 Å². The zero-order chi connectivity index (χ0) is 18.4. The lowest BCUT2D eigenvalue weighted by Crippen LogP contribution is -2.29. The molecular formula is C11H10F6O6. The van der Waals surface area contributed by atoms with Gasteiger partial charge in [0.15, 0.2) is 0 Å². The summed E-state index contributed by atoms with van der Waals surface area (Å²) in [7, 11) is 0.896. The van der Waals surface area contributed by atoms with Crippen molar-refractivity contribution in [2.75, 3.05) is 20.3 Å². The van der Waals surface area contributed by atoms with Gasteiger partial charge >= 0.3 is 30.3 Å². The van der Waals surface area contributed by atoms with Crippen molar-refractivity contribution < 1.29 is 54.9 Å². The van der Waals surface area contributed by atoms with Gasteiger partial charge in [-0.3, -0.25) is 0 Å². The van der Waals surface area contributed by atoms with Crippen molar-refractivity contribution in [1.82, 2.24) is 0 Å². The minimum atomic E-state index is -5.34. The van der Waals surface area contributed by atoms with Crippen molar-refractivity contribution >= 4 is 17.9 Å². The van der Waals surface area contributed by atoms with Gasteiger partial charge in [-0.15, -0.1) is 0 Å². The van der Waals surface area contributed by atoms with Crippen LogP contribution in [0.1, 0.15) is 6.92 Å². The van der Waals surface area contributed by atoms with Gasteiger partial charge in [0.2, 0.25) is 0 Å². The molecule has 23 heavy (non-hydrogen) atoms. The van der Waals surface area contributed by atoms with Crippen LogP contribution in [0.4, 0.5) is 26.3 Å². The van der Waals surface area contributed by atoms with Gasteiger partial charge in [-0.05, 0) is 6.92 Å². The third-order valence-electron chi connectivity index (χ3n) is 2.24. The first-order valence-electron chi connectivity index (χ1n) is 5.55. The molecule has 0 aliphatic rings. The predicted octanol–water partition coefficient (Wildman–Crippen LogP) is 1.69. The van der Waals surface area contributed by atoms with Crippen LogP contribution in [0.5, 0.6) is 0 Å². The number of esters is 3. The largest absolute Gasteiger partial charge is 0.490 e. The van der Waals surface area contributed by atoms with Gasteiger partial charge in [-0.25, -0.2) is 14.4 Å². The molecule has 0 heterocycles. The van der Waals surface area contributed by atoms with E-state index < -0.39 is 54.6 Å². The summed E-state index contributed by atoms with van der Waals surface area (Å²) in [6.07, 6.45) is -10.7. The molecular weight excluding hydrogens is 342 g/mol. The number of ether oxygens (including phenoxy) is 3. The Bertz CT molecular complexity index is 472. The van der Waals surface area contributed by atoms with Crippen LogP contribution in [0.15, 0.2) is 11.1 Å². The van der Waals surface area contributed by atoms with E-state index in [1.165, 1.54) is 0 Å². The van der Waals surface area contributed by atoms with E-state index in [4.69, 9.17) is 0 Å². The first-order chi connectivity index (χ1) is 10.3. The molecule has 0 amide bonds. The number of alkyl halides is 6. The lowest BCUT2D eigenvalue weighted by atomic mass is 10.1. The number of carbonyl (C=O) groups excluding carboxylic acids is 3. The predicted molar refractivity (Wildman–Crippen MR) is 58.7 cm³/mol. The third kappa shape index (κ3) is 7.02. The number of methoxy groups -OCH3 is 1. The average molecular weight is 352 g/mol. The van der Waals surface area contributed by atoms with Gasteiger partial charge in [0.05, 0.1) is 7.11 Å². The summed E-state index contributed by atoms with van der Waals surface area (Å²) in [6.45, 7) is -1.46. The van der Waals surface area contributed by atoms with Crippen molar-refractivity contribution in [2.24, 2.45) is 0 Å². The Kier molecular flexibility index (Phi) is 7.06. The monoisotopic (exact) mass is 352 g/mol. The number of carbonyl (C=O) groups is 3. The molecule has 0 radical (unpaired) electrons. The van der Waals surface area contributed by atoms with Crippen molar-refractivity contribution in [3.8, 4) is 0 Å². The van der Waals surface area contributed by atoms with Crippen molar-refractivity contribution in [2.45, 2.75) is 19.3 Å². The van der Waals surface area contributed by atoms with Gasteiger partial charge < -0.3 is 14.2 Å². The van der Waals surface area contributed by atoms with E-state index in [0.717, 1.165) is 14.0 Å². The SMILES string of the molecule is COC(=O)C(C)=C(COC(=O)C(F)(F)F)COC(=O)C(F)(F)F. The van der Waals surface area contributed by atoms with Gasteiger partial charge in [0.25, 0.3) is 0 Å². The molecule has 0 unspecified atom stereocenters. The van der Waals surface area contributed by atoms with Crippen LogP contribution in [0, 0.1) is 0 Å². The molecule has 0 rings (SSSR count). The Labute approximate surface area is 125 Å². The topological polar surface area (TPSA) is 78.9 Å². The molecule has 0 N–H and O–H groups in total. The maximum atomic E-state index is 12.0. The first kappa shape index (κ1) is 20.7. The quantitative estimate of drug-likeness (QED) is 0.324. The molecule has 0 spiro atoms. The number of halogens is 6. The van der Waals surface area contributed by atoms with Crippen LogP contribution in [0.2, 0.25) is 0 Å². The zero-order valence-electron chi connectivity index (χ0n) is 11.6. The van der Waals surface area contributed by atoms with Crippen LogP contribution in [-0.4, -0.2) is 50.6 Å². The molecule has 0 atom stereocenters. The molecule has 0 aliphatic heterocycles. The highest BCUT2D eigenvalue weighted by molar-refractivity contribution is 5.89. The van der Waals surface area contributed by atoms with Crippen LogP contribution in [-0.2, 0) is 28.6 Å². The van der Waals surface area contributed by atoms with E-state index in [9.17, 15) is 40.7 Å². The highest BCUT2D eigenvalue weighted by Gasteiger charge is 2.42. The number of hydrogen-bond acceptors (Lipinski definition) is 6. The molecule has 12 heteroatoms. The highest BCUT2D eigenvalue weighted by Crippen LogP contribution is 2.20. The number of rotatable bonds is 5. The van der Waals surface area contributed by atoms with Gasteiger partial charge in [-0.2, -0.15) is 26.3 Å². The van der Waals surface area contributed by atoms with E-state index in [1.807, 2.05) is 0 Å². The zero-order valence-corrected chi connectivity index (χ0v) is 11.6. The van der Waals surface area contributed by atoms with Crippen molar-refractivity contribution in [3.05, 3.63) is 11.1 Å². The van der Waals surface area contributed by atoms with E-state index in [2.05, 4.69) is 14.2 Å². The van der Waals surface area contributed by atoms with Crippen LogP contribution < -0.4 is 0 Å². The molecule has 0 bridgehead atoms. The fourth-order valence-electron chi connectivity index (χ4n) is 1.02. The molecule has 0 aliphatic carbocycles. The smallest absolute Gasteiger partial charge is 0.466 e. The molecule has 132 valence electrons. The third-order valence-corrected chi connectivity index (χ3v) is 2.24. The standard InChI is InChI=1S/C11H10F6O6/c1-5(7(18)21-2)6(3-22-8(19)10(12,13)14)4-23-9(20)11(15,16)17/h3-4H2,1-2H3. The van der Waals surface area contributed by atoms with E-state index in [-0.39, 0.29) is 0 Å². The maximum Gasteiger partial charge on any atom is 0.490 e. The molecule has 0 aromatic rings. The fourth-order valence-corrected chi connectivity index (χ4v) is 1.02. The molecule has 0 fully saturated rings. The summed E-state index contributed by atoms with van der Waals surface area (Å²) in [5.41, 5.74) is -1.08. The van der Waals surface area contributed by atoms with Crippen LogP contribution in [0.25, 0.3) is 0 Å². The lowest BCUT2D eigenvalue weighted by molar-refractivity contribution is -0.200.